The van der Waals surface area contributed by atoms with Crippen molar-refractivity contribution in [2.24, 2.45) is 0 Å². The third kappa shape index (κ3) is 2.94. The van der Waals surface area contributed by atoms with Gasteiger partial charge in [-0.25, -0.2) is 4.90 Å². The lowest BCUT2D eigenvalue weighted by Gasteiger charge is -2.22. The van der Waals surface area contributed by atoms with Crippen LogP contribution >= 0.6 is 0 Å². The van der Waals surface area contributed by atoms with Crippen molar-refractivity contribution >= 4 is 0 Å². The van der Waals surface area contributed by atoms with E-state index in [1.807, 2.05) is 0 Å². The molecule has 0 amide bonds. The molecule has 3 nitrogen and oxygen atoms in total. The van der Waals surface area contributed by atoms with Gasteiger partial charge in [0.25, 0.3) is 0 Å². The van der Waals surface area contributed by atoms with Gasteiger partial charge in [0, 0.05) is 13.1 Å². The molecule has 0 spiro atoms. The summed E-state index contributed by atoms with van der Waals surface area (Å²) in [4.78, 5) is 0.548. The van der Waals surface area contributed by atoms with Gasteiger partial charge in [-0.3, -0.25) is 0 Å². The number of alkyl halides is 3. The molecule has 106 valence electrons. The minimum atomic E-state index is -4.27. The molecule has 0 N–H and O–H groups in total. The topological polar surface area (TPSA) is 21.7 Å². The largest absolute Gasteiger partial charge is 0.493 e. The Morgan fingerprint density at radius 2 is 1.37 bits per heavy atom. The summed E-state index contributed by atoms with van der Waals surface area (Å²) in [5, 5.41) is 0. The van der Waals surface area contributed by atoms with Crippen LogP contribution in [0.4, 0.5) is 13.2 Å². The maximum atomic E-state index is 12.7. The zero-order valence-corrected chi connectivity index (χ0v) is 10.9. The zero-order valence-electron chi connectivity index (χ0n) is 10.9. The van der Waals surface area contributed by atoms with Gasteiger partial charge in [-0.15, -0.1) is 0 Å². The lowest BCUT2D eigenvalue weighted by Crippen LogP contribution is -2.39. The van der Waals surface area contributed by atoms with Crippen molar-refractivity contribution in [3.05, 3.63) is 23.3 Å². The summed E-state index contributed by atoms with van der Waals surface area (Å²) in [5.41, 5.74) is 1.79. The summed E-state index contributed by atoms with van der Waals surface area (Å²) >= 11 is 0. The molecule has 1 aromatic rings. The highest BCUT2D eigenvalue weighted by Gasteiger charge is 2.37. The quantitative estimate of drug-likeness (QED) is 0.774. The van der Waals surface area contributed by atoms with Crippen molar-refractivity contribution < 1.29 is 22.6 Å². The monoisotopic (exact) mass is 275 g/mol. The predicted molar refractivity (Wildman–Crippen MR) is 64.6 cm³/mol. The Morgan fingerprint density at radius 3 is 1.68 bits per heavy atom. The molecule has 1 aromatic carbocycles. The fourth-order valence-corrected chi connectivity index (χ4v) is 2.30. The van der Waals surface area contributed by atoms with Crippen LogP contribution in [0.3, 0.4) is 0 Å². The third-order valence-corrected chi connectivity index (χ3v) is 3.37. The van der Waals surface area contributed by atoms with Crippen molar-refractivity contribution in [3.63, 3.8) is 0 Å². The number of fused-ring (bicyclic) bond motifs is 1. The zero-order chi connectivity index (χ0) is 14.0. The molecule has 1 aliphatic heterocycles. The minimum Gasteiger partial charge on any atom is -0.493 e. The molecular formula is C13H16F3NO2. The van der Waals surface area contributed by atoms with Crippen molar-refractivity contribution in [1.29, 1.82) is 0 Å². The second-order valence-corrected chi connectivity index (χ2v) is 4.43. The van der Waals surface area contributed by atoms with Crippen LogP contribution in [0, 0.1) is 0 Å². The molecule has 0 unspecified atom stereocenters. The van der Waals surface area contributed by atoms with E-state index in [0.717, 1.165) is 11.1 Å². The first kappa shape index (κ1) is 14.0. The van der Waals surface area contributed by atoms with Gasteiger partial charge in [0.2, 0.25) is 0 Å². The first-order chi connectivity index (χ1) is 8.95. The van der Waals surface area contributed by atoms with E-state index in [0.29, 0.717) is 29.2 Å². The second kappa shape index (κ2) is 5.28. The van der Waals surface area contributed by atoms with Crippen LogP contribution in [-0.4, -0.2) is 38.5 Å². The average molecular weight is 275 g/mol. The van der Waals surface area contributed by atoms with E-state index < -0.39 is 6.30 Å². The molecule has 0 bridgehead atoms. The van der Waals surface area contributed by atoms with E-state index >= 15 is 0 Å². The number of hydrogen-bond donors (Lipinski definition) is 0. The molecule has 0 aliphatic carbocycles. The average Bonchev–Trinajstić information content (AvgIpc) is 2.58. The molecule has 0 fully saturated rings. The van der Waals surface area contributed by atoms with Gasteiger partial charge >= 0.3 is 6.30 Å². The van der Waals surface area contributed by atoms with Gasteiger partial charge < -0.3 is 9.47 Å². The molecule has 0 radical (unpaired) electrons. The van der Waals surface area contributed by atoms with E-state index in [9.17, 15) is 13.2 Å². The van der Waals surface area contributed by atoms with Gasteiger partial charge in [-0.2, -0.15) is 13.2 Å². The number of nitrogens with zero attached hydrogens (tertiary/aromatic N) is 1. The molecule has 0 saturated heterocycles. The van der Waals surface area contributed by atoms with Gasteiger partial charge in [0.15, 0.2) is 11.5 Å². The first-order valence-corrected chi connectivity index (χ1v) is 6.01. The number of ether oxygens (including phenoxy) is 2. The molecule has 0 saturated carbocycles. The number of methoxy groups -OCH3 is 2. The van der Waals surface area contributed by atoms with Crippen molar-refractivity contribution in [3.8, 4) is 11.5 Å². The molecule has 0 aromatic heterocycles. The summed E-state index contributed by atoms with van der Waals surface area (Å²) in [7, 11) is 3.03. The lowest BCUT2D eigenvalue weighted by molar-refractivity contribution is -0.244. The molecule has 0 atom stereocenters. The Hall–Kier alpha value is -1.43. The SMILES string of the molecule is COc1cc2c(cc1OC)CCN(C(F)(F)F)CC2. The number of rotatable bonds is 2. The highest BCUT2D eigenvalue weighted by Crippen LogP contribution is 2.33. The van der Waals surface area contributed by atoms with Crippen LogP contribution in [0.25, 0.3) is 0 Å². The summed E-state index contributed by atoms with van der Waals surface area (Å²) in [6.45, 7) is -0.0437. The van der Waals surface area contributed by atoms with Crippen LogP contribution < -0.4 is 9.47 Å². The van der Waals surface area contributed by atoms with Crippen molar-refractivity contribution in [2.75, 3.05) is 27.3 Å². The normalized spacial score (nSPS) is 16.7. The molecular weight excluding hydrogens is 259 g/mol. The fraction of sp³-hybridized carbons (Fsp3) is 0.538. The van der Waals surface area contributed by atoms with Crippen LogP contribution in [0.2, 0.25) is 0 Å². The van der Waals surface area contributed by atoms with Crippen molar-refractivity contribution in [2.45, 2.75) is 19.1 Å². The standard InChI is InChI=1S/C13H16F3NO2/c1-18-11-7-9-3-5-17(13(14,15)16)6-4-10(9)8-12(11)19-2/h7-8H,3-6H2,1-2H3. The van der Waals surface area contributed by atoms with Gasteiger partial charge in [-0.05, 0) is 36.1 Å². The summed E-state index contributed by atoms with van der Waals surface area (Å²) in [5.74, 6) is 1.11. The summed E-state index contributed by atoms with van der Waals surface area (Å²) < 4.78 is 48.5. The van der Waals surface area contributed by atoms with Crippen LogP contribution in [0.1, 0.15) is 11.1 Å². The third-order valence-electron chi connectivity index (χ3n) is 3.37. The Labute approximate surface area is 109 Å². The first-order valence-electron chi connectivity index (χ1n) is 6.01. The minimum absolute atomic E-state index is 0.0218. The second-order valence-electron chi connectivity index (χ2n) is 4.43. The van der Waals surface area contributed by atoms with E-state index in [2.05, 4.69) is 0 Å². The Morgan fingerprint density at radius 1 is 0.947 bits per heavy atom. The summed E-state index contributed by atoms with van der Waals surface area (Å²) in [6.07, 6.45) is -3.55. The molecule has 1 heterocycles. The Balaban J connectivity index is 2.27. The molecule has 19 heavy (non-hydrogen) atoms. The predicted octanol–water partition coefficient (Wildman–Crippen LogP) is 2.62. The summed E-state index contributed by atoms with van der Waals surface area (Å²) in [6, 6.07) is 3.54. The molecule has 6 heteroatoms. The van der Waals surface area contributed by atoms with Crippen LogP contribution in [-0.2, 0) is 12.8 Å². The fourth-order valence-electron chi connectivity index (χ4n) is 2.30. The van der Waals surface area contributed by atoms with Crippen LogP contribution in [0.5, 0.6) is 11.5 Å². The van der Waals surface area contributed by atoms with Gasteiger partial charge in [-0.1, -0.05) is 0 Å². The van der Waals surface area contributed by atoms with E-state index in [-0.39, 0.29) is 13.1 Å². The number of benzene rings is 1. The maximum absolute atomic E-state index is 12.7. The van der Waals surface area contributed by atoms with Crippen LogP contribution in [0.15, 0.2) is 12.1 Å². The van der Waals surface area contributed by atoms with E-state index in [1.54, 1.807) is 12.1 Å². The lowest BCUT2D eigenvalue weighted by atomic mass is 10.0. The highest BCUT2D eigenvalue weighted by molar-refractivity contribution is 5.48. The smallest absolute Gasteiger partial charge is 0.459 e. The highest BCUT2D eigenvalue weighted by atomic mass is 19.4. The Kier molecular flexibility index (Phi) is 3.89. The molecule has 1 aliphatic rings. The Bertz CT molecular complexity index is 425. The number of hydrogen-bond acceptors (Lipinski definition) is 3. The molecule has 2 rings (SSSR count). The van der Waals surface area contributed by atoms with E-state index in [1.165, 1.54) is 14.2 Å². The van der Waals surface area contributed by atoms with Crippen molar-refractivity contribution in [1.82, 2.24) is 4.90 Å². The van der Waals surface area contributed by atoms with Gasteiger partial charge in [0.05, 0.1) is 14.2 Å². The maximum Gasteiger partial charge on any atom is 0.459 e. The number of halogens is 3. The van der Waals surface area contributed by atoms with E-state index in [4.69, 9.17) is 9.47 Å². The van der Waals surface area contributed by atoms with Gasteiger partial charge in [0.1, 0.15) is 0 Å².